The molecule has 0 spiro atoms. The molecule has 0 aliphatic rings. The number of carbonyl (C=O) groups is 1. The zero-order valence-corrected chi connectivity index (χ0v) is 17.6. The van der Waals surface area contributed by atoms with E-state index in [4.69, 9.17) is 11.6 Å². The van der Waals surface area contributed by atoms with E-state index in [1.807, 2.05) is 31.2 Å². The normalized spacial score (nSPS) is 11.2. The molecule has 0 saturated heterocycles. The van der Waals surface area contributed by atoms with Crippen LogP contribution in [0.2, 0.25) is 5.02 Å². The number of rotatable bonds is 9. The number of hydrogen-bond donors (Lipinski definition) is 1. The molecule has 0 radical (unpaired) electrons. The number of carbonyl (C=O) groups excluding carboxylic acids is 1. The summed E-state index contributed by atoms with van der Waals surface area (Å²) >= 11 is 7.59. The molecule has 1 amide bonds. The van der Waals surface area contributed by atoms with Gasteiger partial charge >= 0.3 is 0 Å². The van der Waals surface area contributed by atoms with E-state index in [9.17, 15) is 4.79 Å². The first-order valence-electron chi connectivity index (χ1n) is 9.04. The standard InChI is InChI=1S/C20H28ClN3OS/c1-14(2)13-24-16(4)19(15(3)23-24)9-10-20(25)22-11-12-26-18-7-5-17(21)6-8-18/h5-8,14H,9-13H2,1-4H3,(H,22,25). The zero-order chi connectivity index (χ0) is 19.1. The van der Waals surface area contributed by atoms with Crippen LogP contribution in [0.4, 0.5) is 0 Å². The van der Waals surface area contributed by atoms with Crippen molar-refractivity contribution in [2.45, 2.75) is 52.0 Å². The predicted molar refractivity (Wildman–Crippen MR) is 110 cm³/mol. The summed E-state index contributed by atoms with van der Waals surface area (Å²) in [5.74, 6) is 1.50. The molecule has 0 bridgehead atoms. The van der Waals surface area contributed by atoms with E-state index >= 15 is 0 Å². The molecule has 6 heteroatoms. The second-order valence-electron chi connectivity index (χ2n) is 6.88. The second-order valence-corrected chi connectivity index (χ2v) is 8.48. The SMILES string of the molecule is Cc1nn(CC(C)C)c(C)c1CCC(=O)NCCSc1ccc(Cl)cc1. The molecule has 0 saturated carbocycles. The van der Waals surface area contributed by atoms with Crippen LogP contribution in [-0.2, 0) is 17.8 Å². The summed E-state index contributed by atoms with van der Waals surface area (Å²) in [6.45, 7) is 10.1. The van der Waals surface area contributed by atoms with Gasteiger partial charge in [0.25, 0.3) is 0 Å². The summed E-state index contributed by atoms with van der Waals surface area (Å²) < 4.78 is 2.07. The maximum Gasteiger partial charge on any atom is 0.220 e. The van der Waals surface area contributed by atoms with E-state index in [0.717, 1.165) is 34.3 Å². The highest BCUT2D eigenvalue weighted by Gasteiger charge is 2.13. The predicted octanol–water partition coefficient (Wildman–Crippen LogP) is 4.65. The van der Waals surface area contributed by atoms with Gasteiger partial charge in [0.05, 0.1) is 5.69 Å². The van der Waals surface area contributed by atoms with E-state index in [1.54, 1.807) is 11.8 Å². The highest BCUT2D eigenvalue weighted by atomic mass is 35.5. The molecule has 0 fully saturated rings. The number of aromatic nitrogens is 2. The van der Waals surface area contributed by atoms with Crippen molar-refractivity contribution < 1.29 is 4.79 Å². The first kappa shape index (κ1) is 20.8. The lowest BCUT2D eigenvalue weighted by Gasteiger charge is -2.08. The van der Waals surface area contributed by atoms with Gasteiger partial charge in [0.15, 0.2) is 0 Å². The molecule has 1 aromatic carbocycles. The number of benzene rings is 1. The van der Waals surface area contributed by atoms with Gasteiger partial charge in [-0.3, -0.25) is 9.48 Å². The molecule has 0 aliphatic carbocycles. The van der Waals surface area contributed by atoms with Gasteiger partial charge in [-0.1, -0.05) is 25.4 Å². The van der Waals surface area contributed by atoms with Crippen LogP contribution in [-0.4, -0.2) is 28.0 Å². The Morgan fingerprint density at radius 2 is 1.96 bits per heavy atom. The minimum Gasteiger partial charge on any atom is -0.355 e. The fraction of sp³-hybridized carbons (Fsp3) is 0.500. The summed E-state index contributed by atoms with van der Waals surface area (Å²) in [5.41, 5.74) is 3.42. The number of hydrogen-bond acceptors (Lipinski definition) is 3. The maximum absolute atomic E-state index is 12.1. The van der Waals surface area contributed by atoms with Crippen molar-refractivity contribution in [3.8, 4) is 0 Å². The Balaban J connectivity index is 1.73. The Hall–Kier alpha value is -1.46. The largest absolute Gasteiger partial charge is 0.355 e. The highest BCUT2D eigenvalue weighted by molar-refractivity contribution is 7.99. The lowest BCUT2D eigenvalue weighted by Crippen LogP contribution is -2.26. The molecule has 1 heterocycles. The molecule has 2 rings (SSSR count). The summed E-state index contributed by atoms with van der Waals surface area (Å²) in [6, 6.07) is 7.75. The topological polar surface area (TPSA) is 46.9 Å². The van der Waals surface area contributed by atoms with Crippen molar-refractivity contribution in [1.29, 1.82) is 0 Å². The molecule has 4 nitrogen and oxygen atoms in total. The summed E-state index contributed by atoms with van der Waals surface area (Å²) in [4.78, 5) is 13.3. The molecule has 1 aromatic heterocycles. The van der Waals surface area contributed by atoms with Gasteiger partial charge in [0.2, 0.25) is 5.91 Å². The number of nitrogens with one attached hydrogen (secondary N) is 1. The van der Waals surface area contributed by atoms with Gasteiger partial charge in [-0.2, -0.15) is 5.10 Å². The van der Waals surface area contributed by atoms with Crippen LogP contribution >= 0.6 is 23.4 Å². The van der Waals surface area contributed by atoms with E-state index in [1.165, 1.54) is 11.3 Å². The molecule has 0 aliphatic heterocycles. The molecule has 0 atom stereocenters. The molecule has 0 unspecified atom stereocenters. The third kappa shape index (κ3) is 6.36. The van der Waals surface area contributed by atoms with Crippen LogP contribution in [0.25, 0.3) is 0 Å². The Kier molecular flexibility index (Phi) is 8.04. The highest BCUT2D eigenvalue weighted by Crippen LogP contribution is 2.20. The van der Waals surface area contributed by atoms with E-state index < -0.39 is 0 Å². The summed E-state index contributed by atoms with van der Waals surface area (Å²) in [7, 11) is 0. The minimum atomic E-state index is 0.0946. The molecule has 26 heavy (non-hydrogen) atoms. The first-order valence-corrected chi connectivity index (χ1v) is 10.4. The van der Waals surface area contributed by atoms with Crippen molar-refractivity contribution in [3.05, 3.63) is 46.2 Å². The van der Waals surface area contributed by atoms with Gasteiger partial charge in [0.1, 0.15) is 0 Å². The Morgan fingerprint density at radius 3 is 2.62 bits per heavy atom. The Bertz CT molecular complexity index is 725. The van der Waals surface area contributed by atoms with E-state index in [0.29, 0.717) is 18.9 Å². The average molecular weight is 394 g/mol. The lowest BCUT2D eigenvalue weighted by molar-refractivity contribution is -0.120. The van der Waals surface area contributed by atoms with Gasteiger partial charge in [-0.15, -0.1) is 11.8 Å². The minimum absolute atomic E-state index is 0.0946. The van der Waals surface area contributed by atoms with Gasteiger partial charge in [-0.05, 0) is 56.0 Å². The number of nitrogens with zero attached hydrogens (tertiary/aromatic N) is 2. The third-order valence-corrected chi connectivity index (χ3v) is 5.44. The number of aryl methyl sites for hydroxylation is 1. The van der Waals surface area contributed by atoms with Crippen LogP contribution < -0.4 is 5.32 Å². The molecule has 142 valence electrons. The van der Waals surface area contributed by atoms with E-state index in [-0.39, 0.29) is 5.91 Å². The average Bonchev–Trinajstić information content (AvgIpc) is 2.84. The van der Waals surface area contributed by atoms with Crippen molar-refractivity contribution in [2.75, 3.05) is 12.3 Å². The Morgan fingerprint density at radius 1 is 1.27 bits per heavy atom. The number of halogens is 1. The smallest absolute Gasteiger partial charge is 0.220 e. The van der Waals surface area contributed by atoms with Crippen LogP contribution in [0.15, 0.2) is 29.2 Å². The van der Waals surface area contributed by atoms with Gasteiger partial charge in [-0.25, -0.2) is 0 Å². The van der Waals surface area contributed by atoms with Crippen LogP contribution in [0.3, 0.4) is 0 Å². The number of amides is 1. The quantitative estimate of drug-likeness (QED) is 0.498. The van der Waals surface area contributed by atoms with Crippen molar-refractivity contribution in [1.82, 2.24) is 15.1 Å². The van der Waals surface area contributed by atoms with Crippen LogP contribution in [0, 0.1) is 19.8 Å². The van der Waals surface area contributed by atoms with Crippen LogP contribution in [0.5, 0.6) is 0 Å². The molecular formula is C20H28ClN3OS. The third-order valence-electron chi connectivity index (χ3n) is 4.18. The first-order chi connectivity index (χ1) is 12.4. The fourth-order valence-corrected chi connectivity index (χ4v) is 3.73. The summed E-state index contributed by atoms with van der Waals surface area (Å²) in [5, 5.41) is 8.36. The maximum atomic E-state index is 12.1. The van der Waals surface area contributed by atoms with Gasteiger partial charge < -0.3 is 5.32 Å². The van der Waals surface area contributed by atoms with Crippen molar-refractivity contribution in [3.63, 3.8) is 0 Å². The fourth-order valence-electron chi connectivity index (χ4n) is 2.84. The van der Waals surface area contributed by atoms with Crippen LogP contribution in [0.1, 0.15) is 37.2 Å². The van der Waals surface area contributed by atoms with Gasteiger partial charge in [0, 0.05) is 40.9 Å². The lowest BCUT2D eigenvalue weighted by atomic mass is 10.1. The summed E-state index contributed by atoms with van der Waals surface area (Å²) in [6.07, 6.45) is 1.24. The monoisotopic (exact) mass is 393 g/mol. The second kappa shape index (κ2) is 10.0. The number of thioether (sulfide) groups is 1. The van der Waals surface area contributed by atoms with E-state index in [2.05, 4.69) is 35.9 Å². The molecule has 1 N–H and O–H groups in total. The molecular weight excluding hydrogens is 366 g/mol. The Labute approximate surface area is 165 Å². The zero-order valence-electron chi connectivity index (χ0n) is 16.0. The van der Waals surface area contributed by atoms with Crippen molar-refractivity contribution in [2.24, 2.45) is 5.92 Å². The van der Waals surface area contributed by atoms with Crippen molar-refractivity contribution >= 4 is 29.3 Å². The molecule has 2 aromatic rings.